The molecule has 2 rings (SSSR count). The number of nitrogens with zero attached hydrogens (tertiary/aromatic N) is 2. The van der Waals surface area contributed by atoms with Gasteiger partial charge in [-0.3, -0.25) is 4.68 Å². The highest BCUT2D eigenvalue weighted by Gasteiger charge is 2.42. The fourth-order valence-electron chi connectivity index (χ4n) is 2.48. The number of hydrogen-bond acceptors (Lipinski definition) is 4. The minimum Gasteiger partial charge on any atom is -0.317 e. The zero-order valence-corrected chi connectivity index (χ0v) is 14.2. The van der Waals surface area contributed by atoms with E-state index >= 15 is 0 Å². The van der Waals surface area contributed by atoms with Crippen LogP contribution in [0.1, 0.15) is 44.5 Å². The van der Waals surface area contributed by atoms with Gasteiger partial charge in [-0.25, -0.2) is 13.1 Å². The van der Waals surface area contributed by atoms with Crippen LogP contribution >= 0.6 is 0 Å². The second-order valence-corrected chi connectivity index (χ2v) is 7.72. The number of hydrogen-bond donors (Lipinski definition) is 2. The van der Waals surface area contributed by atoms with Crippen molar-refractivity contribution < 1.29 is 8.42 Å². The van der Waals surface area contributed by atoms with Crippen molar-refractivity contribution in [1.82, 2.24) is 19.8 Å². The molecule has 1 fully saturated rings. The van der Waals surface area contributed by atoms with Gasteiger partial charge in [-0.05, 0) is 53.1 Å². The van der Waals surface area contributed by atoms with Crippen molar-refractivity contribution in [3.63, 3.8) is 0 Å². The van der Waals surface area contributed by atoms with Crippen LogP contribution in [0.3, 0.4) is 0 Å². The second-order valence-electron chi connectivity index (χ2n) is 6.10. The Morgan fingerprint density at radius 2 is 2.00 bits per heavy atom. The van der Waals surface area contributed by atoms with Crippen molar-refractivity contribution in [2.45, 2.75) is 63.9 Å². The Labute approximate surface area is 127 Å². The number of aromatic nitrogens is 2. The first-order valence-corrected chi connectivity index (χ1v) is 9.06. The SMILES string of the molecule is CCNCCCn1nc(C)c(S(=O)(=O)NC2(C)CC2)c1C. The first-order chi connectivity index (χ1) is 9.79. The molecular formula is C14H26N4O2S. The molecule has 120 valence electrons. The summed E-state index contributed by atoms with van der Waals surface area (Å²) in [6, 6.07) is 0. The molecule has 1 aromatic rings. The first kappa shape index (κ1) is 16.5. The average molecular weight is 314 g/mol. The van der Waals surface area contributed by atoms with Gasteiger partial charge in [0.05, 0.1) is 11.4 Å². The molecule has 0 amide bonds. The van der Waals surface area contributed by atoms with E-state index in [0.717, 1.165) is 44.6 Å². The van der Waals surface area contributed by atoms with Crippen LogP contribution in [0.25, 0.3) is 0 Å². The van der Waals surface area contributed by atoms with Crippen LogP contribution in [0, 0.1) is 13.8 Å². The fourth-order valence-corrected chi connectivity index (χ4v) is 4.36. The predicted molar refractivity (Wildman–Crippen MR) is 82.8 cm³/mol. The normalized spacial score (nSPS) is 17.1. The molecule has 0 aliphatic heterocycles. The van der Waals surface area contributed by atoms with Crippen molar-refractivity contribution in [2.24, 2.45) is 0 Å². The third-order valence-electron chi connectivity index (χ3n) is 3.94. The molecule has 0 spiro atoms. The van der Waals surface area contributed by atoms with Gasteiger partial charge in [0.1, 0.15) is 4.90 Å². The summed E-state index contributed by atoms with van der Waals surface area (Å²) in [5.74, 6) is 0. The van der Waals surface area contributed by atoms with Crippen molar-refractivity contribution >= 4 is 10.0 Å². The maximum atomic E-state index is 12.5. The summed E-state index contributed by atoms with van der Waals surface area (Å²) >= 11 is 0. The number of nitrogens with one attached hydrogen (secondary N) is 2. The van der Waals surface area contributed by atoms with Gasteiger partial charge in [0, 0.05) is 12.1 Å². The lowest BCUT2D eigenvalue weighted by Crippen LogP contribution is -2.34. The molecule has 1 aliphatic carbocycles. The molecule has 6 nitrogen and oxygen atoms in total. The molecule has 7 heteroatoms. The minimum absolute atomic E-state index is 0.259. The molecule has 1 aromatic heterocycles. The van der Waals surface area contributed by atoms with Gasteiger partial charge in [0.2, 0.25) is 10.0 Å². The van der Waals surface area contributed by atoms with E-state index in [4.69, 9.17) is 0 Å². The Hall–Kier alpha value is -0.920. The van der Waals surface area contributed by atoms with Crippen molar-refractivity contribution in [3.05, 3.63) is 11.4 Å². The van der Waals surface area contributed by atoms with Crippen LogP contribution in [0.15, 0.2) is 4.90 Å². The van der Waals surface area contributed by atoms with Gasteiger partial charge in [-0.2, -0.15) is 5.10 Å². The van der Waals surface area contributed by atoms with Gasteiger partial charge >= 0.3 is 0 Å². The number of aryl methyl sites for hydroxylation is 2. The molecule has 1 aliphatic rings. The van der Waals surface area contributed by atoms with Gasteiger partial charge in [-0.15, -0.1) is 0 Å². The Kier molecular flexibility index (Phi) is 4.75. The van der Waals surface area contributed by atoms with Gasteiger partial charge in [0.15, 0.2) is 0 Å². The molecule has 1 heterocycles. The highest BCUT2D eigenvalue weighted by Crippen LogP contribution is 2.36. The summed E-state index contributed by atoms with van der Waals surface area (Å²) in [6.07, 6.45) is 2.74. The Morgan fingerprint density at radius 1 is 1.33 bits per heavy atom. The summed E-state index contributed by atoms with van der Waals surface area (Å²) in [7, 11) is -3.48. The molecular weight excluding hydrogens is 288 g/mol. The van der Waals surface area contributed by atoms with Crippen molar-refractivity contribution in [1.29, 1.82) is 0 Å². The summed E-state index contributed by atoms with van der Waals surface area (Å²) in [4.78, 5) is 0.346. The van der Waals surface area contributed by atoms with E-state index in [2.05, 4.69) is 22.1 Å². The number of sulfonamides is 1. The van der Waals surface area contributed by atoms with Crippen LogP contribution in [0.4, 0.5) is 0 Å². The number of rotatable bonds is 8. The predicted octanol–water partition coefficient (Wildman–Crippen LogP) is 1.33. The van der Waals surface area contributed by atoms with E-state index in [-0.39, 0.29) is 5.54 Å². The van der Waals surface area contributed by atoms with E-state index in [9.17, 15) is 8.42 Å². The third kappa shape index (κ3) is 3.84. The summed E-state index contributed by atoms with van der Waals surface area (Å²) in [6.45, 7) is 10.2. The second kappa shape index (κ2) is 6.06. The zero-order chi connectivity index (χ0) is 15.7. The minimum atomic E-state index is -3.48. The lowest BCUT2D eigenvalue weighted by molar-refractivity contribution is 0.535. The topological polar surface area (TPSA) is 76.0 Å². The van der Waals surface area contributed by atoms with Crippen LogP contribution in [0.5, 0.6) is 0 Å². The van der Waals surface area contributed by atoms with Crippen molar-refractivity contribution in [3.8, 4) is 0 Å². The van der Waals surface area contributed by atoms with Crippen LogP contribution < -0.4 is 10.0 Å². The molecule has 2 N–H and O–H groups in total. The van der Waals surface area contributed by atoms with Gasteiger partial charge in [-0.1, -0.05) is 6.92 Å². The highest BCUT2D eigenvalue weighted by molar-refractivity contribution is 7.89. The first-order valence-electron chi connectivity index (χ1n) is 7.58. The summed E-state index contributed by atoms with van der Waals surface area (Å²) in [5, 5.41) is 7.65. The maximum absolute atomic E-state index is 12.5. The molecule has 0 bridgehead atoms. The molecule has 1 saturated carbocycles. The Bertz CT molecular complexity index is 603. The average Bonchev–Trinajstić information content (AvgIpc) is 3.00. The molecule has 0 aromatic carbocycles. The smallest absolute Gasteiger partial charge is 0.244 e. The third-order valence-corrected chi connectivity index (χ3v) is 5.83. The van der Waals surface area contributed by atoms with Gasteiger partial charge < -0.3 is 5.32 Å². The summed E-state index contributed by atoms with van der Waals surface area (Å²) in [5.41, 5.74) is 1.04. The monoisotopic (exact) mass is 314 g/mol. The van der Waals surface area contributed by atoms with E-state index < -0.39 is 10.0 Å². The van der Waals surface area contributed by atoms with Crippen molar-refractivity contribution in [2.75, 3.05) is 13.1 Å². The zero-order valence-electron chi connectivity index (χ0n) is 13.4. The standard InChI is InChI=1S/C14H26N4O2S/c1-5-15-9-6-10-18-12(3)13(11(2)16-18)21(19,20)17-14(4)7-8-14/h15,17H,5-10H2,1-4H3. The molecule has 21 heavy (non-hydrogen) atoms. The largest absolute Gasteiger partial charge is 0.317 e. The quantitative estimate of drug-likeness (QED) is 0.710. The lowest BCUT2D eigenvalue weighted by Gasteiger charge is -2.12. The van der Waals surface area contributed by atoms with Crippen LogP contribution in [-0.4, -0.2) is 36.8 Å². The Balaban J connectivity index is 2.14. The maximum Gasteiger partial charge on any atom is 0.244 e. The van der Waals surface area contributed by atoms with Crippen LogP contribution in [-0.2, 0) is 16.6 Å². The highest BCUT2D eigenvalue weighted by atomic mass is 32.2. The van der Waals surface area contributed by atoms with E-state index in [0.29, 0.717) is 10.6 Å². The lowest BCUT2D eigenvalue weighted by atomic mass is 10.3. The van der Waals surface area contributed by atoms with Gasteiger partial charge in [0.25, 0.3) is 0 Å². The van der Waals surface area contributed by atoms with E-state index in [1.807, 2.05) is 13.8 Å². The molecule has 0 radical (unpaired) electrons. The summed E-state index contributed by atoms with van der Waals surface area (Å²) < 4.78 is 29.7. The molecule has 0 unspecified atom stereocenters. The fraction of sp³-hybridized carbons (Fsp3) is 0.786. The molecule has 0 saturated heterocycles. The van der Waals surface area contributed by atoms with Crippen LogP contribution in [0.2, 0.25) is 0 Å². The van der Waals surface area contributed by atoms with E-state index in [1.54, 1.807) is 11.6 Å². The molecule has 0 atom stereocenters. The van der Waals surface area contributed by atoms with E-state index in [1.165, 1.54) is 0 Å². The Morgan fingerprint density at radius 3 is 2.57 bits per heavy atom.